The van der Waals surface area contributed by atoms with Crippen LogP contribution < -0.4 is 4.74 Å². The van der Waals surface area contributed by atoms with E-state index < -0.39 is 0 Å². The van der Waals surface area contributed by atoms with Gasteiger partial charge in [-0.1, -0.05) is 24.3 Å². The summed E-state index contributed by atoms with van der Waals surface area (Å²) in [5, 5.41) is 8.92. The molecular weight excluding hydrogens is 355 g/mol. The molecule has 0 spiro atoms. The van der Waals surface area contributed by atoms with Gasteiger partial charge in [0.05, 0.1) is 6.61 Å². The largest absolute Gasteiger partial charge is 0.485 e. The molecule has 0 saturated heterocycles. The van der Waals surface area contributed by atoms with Gasteiger partial charge in [-0.15, -0.1) is 0 Å². The lowest BCUT2D eigenvalue weighted by atomic mass is 10.1. The molecule has 98 valence electrons. The van der Waals surface area contributed by atoms with Crippen molar-refractivity contribution in [2.75, 3.05) is 6.61 Å². The molecule has 0 aliphatic carbocycles. The van der Waals surface area contributed by atoms with Gasteiger partial charge in [0.2, 0.25) is 0 Å². The van der Waals surface area contributed by atoms with Gasteiger partial charge in [0, 0.05) is 9.13 Å². The lowest BCUT2D eigenvalue weighted by Crippen LogP contribution is -2.11. The number of hydrogen-bond donors (Lipinski definition) is 1. The van der Waals surface area contributed by atoms with Gasteiger partial charge in [-0.05, 0) is 52.4 Å². The number of halogens is 1. The molecule has 1 N–H and O–H groups in total. The molecule has 3 nitrogen and oxygen atoms in total. The lowest BCUT2D eigenvalue weighted by molar-refractivity contribution is 0.0921. The van der Waals surface area contributed by atoms with E-state index >= 15 is 0 Å². The van der Waals surface area contributed by atoms with Gasteiger partial charge in [0.25, 0.3) is 0 Å². The standard InChI is InChI=1S/C15H13IO3/c16-13-5-3-12(4-6-13)15(18)10-19-14-7-1-11(9-17)2-8-14/h1-8,17H,9-10H2. The fourth-order valence-corrected chi connectivity index (χ4v) is 1.92. The van der Waals surface area contributed by atoms with E-state index in [1.54, 1.807) is 36.4 Å². The minimum atomic E-state index is -0.0531. The van der Waals surface area contributed by atoms with Crippen molar-refractivity contribution < 1.29 is 14.6 Å². The van der Waals surface area contributed by atoms with E-state index in [1.165, 1.54) is 0 Å². The Morgan fingerprint density at radius 3 is 2.26 bits per heavy atom. The van der Waals surface area contributed by atoms with Crippen LogP contribution in [0.3, 0.4) is 0 Å². The van der Waals surface area contributed by atoms with Crippen LogP contribution in [0.1, 0.15) is 15.9 Å². The van der Waals surface area contributed by atoms with E-state index in [4.69, 9.17) is 9.84 Å². The van der Waals surface area contributed by atoms with E-state index in [-0.39, 0.29) is 19.0 Å². The Morgan fingerprint density at radius 2 is 1.68 bits per heavy atom. The van der Waals surface area contributed by atoms with Crippen LogP contribution >= 0.6 is 22.6 Å². The van der Waals surface area contributed by atoms with Crippen molar-refractivity contribution >= 4 is 28.4 Å². The third kappa shape index (κ3) is 4.04. The van der Waals surface area contributed by atoms with Crippen molar-refractivity contribution in [1.82, 2.24) is 0 Å². The Hall–Kier alpha value is -1.40. The summed E-state index contributed by atoms with van der Waals surface area (Å²) in [4.78, 5) is 11.9. The second kappa shape index (κ2) is 6.68. The predicted octanol–water partition coefficient (Wildman–Crippen LogP) is 3.05. The number of hydrogen-bond acceptors (Lipinski definition) is 3. The SMILES string of the molecule is O=C(COc1ccc(CO)cc1)c1ccc(I)cc1. The molecule has 0 aromatic heterocycles. The van der Waals surface area contributed by atoms with Crippen LogP contribution in [0.25, 0.3) is 0 Å². The third-order valence-electron chi connectivity index (χ3n) is 2.64. The molecular formula is C15H13IO3. The van der Waals surface area contributed by atoms with Crippen molar-refractivity contribution in [2.24, 2.45) is 0 Å². The molecule has 19 heavy (non-hydrogen) atoms. The second-order valence-electron chi connectivity index (χ2n) is 4.02. The Labute approximate surface area is 125 Å². The van der Waals surface area contributed by atoms with Crippen LogP contribution in [0.4, 0.5) is 0 Å². The number of rotatable bonds is 5. The van der Waals surface area contributed by atoms with E-state index in [1.807, 2.05) is 12.1 Å². The fraction of sp³-hybridized carbons (Fsp3) is 0.133. The molecule has 0 aliphatic rings. The van der Waals surface area contributed by atoms with Crippen LogP contribution in [-0.2, 0) is 6.61 Å². The van der Waals surface area contributed by atoms with Crippen molar-refractivity contribution in [3.63, 3.8) is 0 Å². The highest BCUT2D eigenvalue weighted by atomic mass is 127. The van der Waals surface area contributed by atoms with Gasteiger partial charge in [0.15, 0.2) is 12.4 Å². The number of Topliss-reactive ketones (excluding diaryl/α,β-unsaturated/α-hetero) is 1. The molecule has 0 radical (unpaired) electrons. The average Bonchev–Trinajstić information content (AvgIpc) is 2.46. The first-order chi connectivity index (χ1) is 9.19. The summed E-state index contributed by atoms with van der Waals surface area (Å²) in [5.74, 6) is 0.568. The molecule has 0 aliphatic heterocycles. The van der Waals surface area contributed by atoms with E-state index in [9.17, 15) is 4.79 Å². The fourth-order valence-electron chi connectivity index (χ4n) is 1.56. The summed E-state index contributed by atoms with van der Waals surface area (Å²) >= 11 is 2.19. The van der Waals surface area contributed by atoms with E-state index in [0.717, 1.165) is 9.13 Å². The summed E-state index contributed by atoms with van der Waals surface area (Å²) < 4.78 is 6.51. The molecule has 0 unspecified atom stereocenters. The number of benzene rings is 2. The first-order valence-corrected chi connectivity index (χ1v) is 6.88. The molecule has 0 saturated carbocycles. The molecule has 2 aromatic rings. The topological polar surface area (TPSA) is 46.5 Å². The number of ether oxygens (including phenoxy) is 1. The number of ketones is 1. The van der Waals surface area contributed by atoms with Crippen LogP contribution in [0.5, 0.6) is 5.75 Å². The van der Waals surface area contributed by atoms with Crippen molar-refractivity contribution in [3.05, 3.63) is 63.2 Å². The first-order valence-electron chi connectivity index (χ1n) is 5.80. The average molecular weight is 368 g/mol. The number of carbonyl (C=O) groups is 1. The Bertz CT molecular complexity index is 547. The Morgan fingerprint density at radius 1 is 1.05 bits per heavy atom. The molecule has 0 fully saturated rings. The Kier molecular flexibility index (Phi) is 4.93. The van der Waals surface area contributed by atoms with E-state index in [0.29, 0.717) is 11.3 Å². The molecule has 2 rings (SSSR count). The van der Waals surface area contributed by atoms with Gasteiger partial charge >= 0.3 is 0 Å². The second-order valence-corrected chi connectivity index (χ2v) is 5.27. The molecule has 0 amide bonds. The number of aliphatic hydroxyl groups is 1. The summed E-state index contributed by atoms with van der Waals surface area (Å²) in [6, 6.07) is 14.4. The Balaban J connectivity index is 1.94. The zero-order chi connectivity index (χ0) is 13.7. The monoisotopic (exact) mass is 368 g/mol. The summed E-state index contributed by atoms with van der Waals surface area (Å²) in [7, 11) is 0. The highest BCUT2D eigenvalue weighted by Gasteiger charge is 2.06. The van der Waals surface area contributed by atoms with Crippen LogP contribution in [0.15, 0.2) is 48.5 Å². The summed E-state index contributed by atoms with van der Waals surface area (Å²) in [5.41, 5.74) is 1.46. The quantitative estimate of drug-likeness (QED) is 0.652. The molecule has 4 heteroatoms. The predicted molar refractivity (Wildman–Crippen MR) is 81.3 cm³/mol. The summed E-state index contributed by atoms with van der Waals surface area (Å²) in [6.45, 7) is 0.0148. The normalized spacial score (nSPS) is 10.2. The maximum atomic E-state index is 11.9. The molecule has 2 aromatic carbocycles. The molecule has 0 atom stereocenters. The van der Waals surface area contributed by atoms with Gasteiger partial charge in [-0.3, -0.25) is 4.79 Å². The highest BCUT2D eigenvalue weighted by molar-refractivity contribution is 14.1. The van der Waals surface area contributed by atoms with Gasteiger partial charge in [-0.25, -0.2) is 0 Å². The zero-order valence-corrected chi connectivity index (χ0v) is 12.3. The minimum Gasteiger partial charge on any atom is -0.485 e. The van der Waals surface area contributed by atoms with Gasteiger partial charge in [-0.2, -0.15) is 0 Å². The maximum absolute atomic E-state index is 11.9. The van der Waals surface area contributed by atoms with E-state index in [2.05, 4.69) is 22.6 Å². The molecule has 0 heterocycles. The van der Waals surface area contributed by atoms with Crippen LogP contribution in [0, 0.1) is 3.57 Å². The van der Waals surface area contributed by atoms with Gasteiger partial charge < -0.3 is 9.84 Å². The van der Waals surface area contributed by atoms with Crippen LogP contribution in [0.2, 0.25) is 0 Å². The third-order valence-corrected chi connectivity index (χ3v) is 3.36. The van der Waals surface area contributed by atoms with Crippen molar-refractivity contribution in [1.29, 1.82) is 0 Å². The van der Waals surface area contributed by atoms with Crippen LogP contribution in [-0.4, -0.2) is 17.5 Å². The number of carbonyl (C=O) groups excluding carboxylic acids is 1. The first kappa shape index (κ1) is 14.0. The smallest absolute Gasteiger partial charge is 0.200 e. The van der Waals surface area contributed by atoms with Crippen molar-refractivity contribution in [2.45, 2.75) is 6.61 Å². The summed E-state index contributed by atoms with van der Waals surface area (Å²) in [6.07, 6.45) is 0. The minimum absolute atomic E-state index is 0.00185. The van der Waals surface area contributed by atoms with Gasteiger partial charge in [0.1, 0.15) is 5.75 Å². The number of aliphatic hydroxyl groups excluding tert-OH is 1. The highest BCUT2D eigenvalue weighted by Crippen LogP contribution is 2.13. The van der Waals surface area contributed by atoms with Crippen molar-refractivity contribution in [3.8, 4) is 5.75 Å². The maximum Gasteiger partial charge on any atom is 0.200 e. The molecule has 0 bridgehead atoms. The lowest BCUT2D eigenvalue weighted by Gasteiger charge is -2.06. The zero-order valence-electron chi connectivity index (χ0n) is 10.2.